The Balaban J connectivity index is 1.75. The highest BCUT2D eigenvalue weighted by Gasteiger charge is 2.23. The molecule has 0 amide bonds. The van der Waals surface area contributed by atoms with Gasteiger partial charge in [-0.15, -0.1) is 11.3 Å². The second kappa shape index (κ2) is 6.48. The van der Waals surface area contributed by atoms with Crippen LogP contribution in [0.2, 0.25) is 0 Å². The van der Waals surface area contributed by atoms with Crippen LogP contribution in [0.5, 0.6) is 0 Å². The van der Waals surface area contributed by atoms with Gasteiger partial charge in [0.2, 0.25) is 0 Å². The van der Waals surface area contributed by atoms with Crippen molar-refractivity contribution in [1.29, 1.82) is 0 Å². The summed E-state index contributed by atoms with van der Waals surface area (Å²) in [5, 5.41) is 6.80. The second-order valence-corrected chi connectivity index (χ2v) is 7.43. The largest absolute Gasteiger partial charge is 0.366 e. The topological polar surface area (TPSA) is 37.8 Å². The average Bonchev–Trinajstić information content (AvgIpc) is 3.03. The van der Waals surface area contributed by atoms with E-state index in [1.165, 1.54) is 37.8 Å². The molecule has 1 N–H and O–H groups in total. The predicted molar refractivity (Wildman–Crippen MR) is 97.9 cm³/mol. The highest BCUT2D eigenvalue weighted by atomic mass is 32.1. The summed E-state index contributed by atoms with van der Waals surface area (Å²) < 4.78 is 13.2. The number of thiophene rings is 1. The van der Waals surface area contributed by atoms with Gasteiger partial charge >= 0.3 is 0 Å². The molecular weight excluding hydrogens is 321 g/mol. The van der Waals surface area contributed by atoms with Crippen LogP contribution in [-0.2, 0) is 0 Å². The molecule has 0 unspecified atom stereocenters. The van der Waals surface area contributed by atoms with E-state index >= 15 is 0 Å². The number of halogens is 1. The van der Waals surface area contributed by atoms with E-state index in [4.69, 9.17) is 0 Å². The third-order valence-corrected chi connectivity index (χ3v) is 5.85. The van der Waals surface area contributed by atoms with Crippen molar-refractivity contribution in [3.63, 3.8) is 0 Å². The highest BCUT2D eigenvalue weighted by molar-refractivity contribution is 7.17. The van der Waals surface area contributed by atoms with Gasteiger partial charge in [-0.25, -0.2) is 14.4 Å². The molecule has 2 heterocycles. The summed E-state index contributed by atoms with van der Waals surface area (Å²) in [7, 11) is 0. The van der Waals surface area contributed by atoms with Gasteiger partial charge in [-0.1, -0.05) is 31.9 Å². The normalized spacial score (nSPS) is 21.1. The molecule has 2 atom stereocenters. The van der Waals surface area contributed by atoms with E-state index in [1.807, 2.05) is 12.1 Å². The summed E-state index contributed by atoms with van der Waals surface area (Å²) in [5.74, 6) is 1.33. The van der Waals surface area contributed by atoms with Crippen LogP contribution in [0.4, 0.5) is 10.2 Å². The summed E-state index contributed by atoms with van der Waals surface area (Å²) in [6, 6.07) is 7.09. The molecular formula is C19H20FN3S. The zero-order chi connectivity index (χ0) is 16.5. The van der Waals surface area contributed by atoms with Crippen molar-refractivity contribution in [3.8, 4) is 11.1 Å². The molecule has 0 saturated heterocycles. The lowest BCUT2D eigenvalue weighted by atomic mass is 9.86. The quantitative estimate of drug-likeness (QED) is 0.684. The molecule has 1 aromatic carbocycles. The van der Waals surface area contributed by atoms with Crippen LogP contribution < -0.4 is 5.32 Å². The van der Waals surface area contributed by atoms with E-state index in [9.17, 15) is 4.39 Å². The lowest BCUT2D eigenvalue weighted by Crippen LogP contribution is -2.30. The smallest absolute Gasteiger partial charge is 0.139 e. The van der Waals surface area contributed by atoms with Gasteiger partial charge in [0, 0.05) is 17.0 Å². The lowest BCUT2D eigenvalue weighted by molar-refractivity contribution is 0.349. The Kier molecular flexibility index (Phi) is 4.19. The van der Waals surface area contributed by atoms with Crippen molar-refractivity contribution in [2.75, 3.05) is 5.32 Å². The van der Waals surface area contributed by atoms with Crippen molar-refractivity contribution < 1.29 is 4.39 Å². The summed E-state index contributed by atoms with van der Waals surface area (Å²) >= 11 is 1.61. The molecule has 1 aliphatic carbocycles. The predicted octanol–water partition coefficient (Wildman–Crippen LogP) is 5.49. The van der Waals surface area contributed by atoms with Crippen LogP contribution in [0.1, 0.15) is 32.6 Å². The fourth-order valence-corrected chi connectivity index (χ4v) is 4.45. The molecule has 3 nitrogen and oxygen atoms in total. The van der Waals surface area contributed by atoms with Gasteiger partial charge in [-0.3, -0.25) is 0 Å². The van der Waals surface area contributed by atoms with Crippen LogP contribution in [0.15, 0.2) is 36.0 Å². The molecule has 2 aromatic heterocycles. The molecule has 4 rings (SSSR count). The Hall–Kier alpha value is -2.01. The molecule has 1 saturated carbocycles. The fourth-order valence-electron chi connectivity index (χ4n) is 3.53. The van der Waals surface area contributed by atoms with Crippen molar-refractivity contribution in [3.05, 3.63) is 41.8 Å². The number of anilines is 1. The third-order valence-electron chi connectivity index (χ3n) is 4.96. The summed E-state index contributed by atoms with van der Waals surface area (Å²) in [6.45, 7) is 2.31. The molecule has 0 bridgehead atoms. The van der Waals surface area contributed by atoms with E-state index < -0.39 is 0 Å². The maximum Gasteiger partial charge on any atom is 0.139 e. The van der Waals surface area contributed by atoms with E-state index in [0.29, 0.717) is 12.0 Å². The molecule has 0 radical (unpaired) electrons. The summed E-state index contributed by atoms with van der Waals surface area (Å²) in [6.07, 6.45) is 6.66. The zero-order valence-corrected chi connectivity index (χ0v) is 14.4. The maximum absolute atomic E-state index is 13.2. The molecule has 1 aliphatic rings. The third kappa shape index (κ3) is 2.88. The fraction of sp³-hybridized carbons (Fsp3) is 0.368. The van der Waals surface area contributed by atoms with E-state index in [0.717, 1.165) is 27.2 Å². The Bertz CT molecular complexity index is 843. The standard InChI is InChI=1S/C19H20FN3S/c1-12-4-2-3-5-16(12)23-18-17-15(10-24-19(17)22-11-21-18)13-6-8-14(20)9-7-13/h6-12,16H,2-5H2,1H3,(H,21,22,23)/t12-,16-/m0/s1. The van der Waals surface area contributed by atoms with Crippen molar-refractivity contribution >= 4 is 27.4 Å². The van der Waals surface area contributed by atoms with Gasteiger partial charge in [-0.2, -0.15) is 0 Å². The van der Waals surface area contributed by atoms with Crippen LogP contribution >= 0.6 is 11.3 Å². The van der Waals surface area contributed by atoms with Crippen molar-refractivity contribution in [2.45, 2.75) is 38.6 Å². The lowest BCUT2D eigenvalue weighted by Gasteiger charge is -2.30. The number of fused-ring (bicyclic) bond motifs is 1. The Labute approximate surface area is 145 Å². The number of aromatic nitrogens is 2. The molecule has 3 aromatic rings. The van der Waals surface area contributed by atoms with Gasteiger partial charge < -0.3 is 5.32 Å². The molecule has 124 valence electrons. The molecule has 0 aliphatic heterocycles. The van der Waals surface area contributed by atoms with Crippen LogP contribution in [-0.4, -0.2) is 16.0 Å². The minimum Gasteiger partial charge on any atom is -0.366 e. The number of hydrogen-bond acceptors (Lipinski definition) is 4. The Morgan fingerprint density at radius 1 is 1.12 bits per heavy atom. The van der Waals surface area contributed by atoms with Crippen LogP contribution in [0.3, 0.4) is 0 Å². The van der Waals surface area contributed by atoms with E-state index in [1.54, 1.807) is 17.7 Å². The monoisotopic (exact) mass is 341 g/mol. The van der Waals surface area contributed by atoms with Gasteiger partial charge in [0.15, 0.2) is 0 Å². The van der Waals surface area contributed by atoms with Crippen LogP contribution in [0, 0.1) is 11.7 Å². The minimum absolute atomic E-state index is 0.219. The van der Waals surface area contributed by atoms with Gasteiger partial charge in [0.1, 0.15) is 22.8 Å². The van der Waals surface area contributed by atoms with Crippen molar-refractivity contribution in [2.24, 2.45) is 5.92 Å². The summed E-state index contributed by atoms with van der Waals surface area (Å²) in [5.41, 5.74) is 2.07. The van der Waals surface area contributed by atoms with E-state index in [2.05, 4.69) is 27.6 Å². The number of benzene rings is 1. The second-order valence-electron chi connectivity index (χ2n) is 6.57. The maximum atomic E-state index is 13.2. The number of nitrogens with zero attached hydrogens (tertiary/aromatic N) is 2. The Morgan fingerprint density at radius 3 is 2.71 bits per heavy atom. The number of hydrogen-bond donors (Lipinski definition) is 1. The number of nitrogens with one attached hydrogen (secondary N) is 1. The van der Waals surface area contributed by atoms with Gasteiger partial charge in [-0.05, 0) is 36.5 Å². The molecule has 5 heteroatoms. The Morgan fingerprint density at radius 2 is 1.92 bits per heavy atom. The zero-order valence-electron chi connectivity index (χ0n) is 13.6. The number of rotatable bonds is 3. The SMILES string of the molecule is C[C@H]1CCCC[C@@H]1Nc1ncnc2scc(-c3ccc(F)cc3)c12. The minimum atomic E-state index is -0.219. The molecule has 24 heavy (non-hydrogen) atoms. The van der Waals surface area contributed by atoms with Crippen molar-refractivity contribution in [1.82, 2.24) is 9.97 Å². The highest BCUT2D eigenvalue weighted by Crippen LogP contribution is 2.37. The molecule has 1 fully saturated rings. The first-order valence-corrected chi connectivity index (χ1v) is 9.35. The van der Waals surface area contributed by atoms with E-state index in [-0.39, 0.29) is 5.82 Å². The van der Waals surface area contributed by atoms with Gasteiger partial charge in [0.25, 0.3) is 0 Å². The average molecular weight is 341 g/mol. The first-order chi connectivity index (χ1) is 11.7. The van der Waals surface area contributed by atoms with Gasteiger partial charge in [0.05, 0.1) is 5.39 Å². The summed E-state index contributed by atoms with van der Waals surface area (Å²) in [4.78, 5) is 9.90. The first-order valence-electron chi connectivity index (χ1n) is 8.47. The van der Waals surface area contributed by atoms with Crippen LogP contribution in [0.25, 0.3) is 21.3 Å². The first kappa shape index (κ1) is 15.5. The molecule has 0 spiro atoms.